The molecule has 1 atom stereocenters. The third-order valence-corrected chi connectivity index (χ3v) is 6.70. The summed E-state index contributed by atoms with van der Waals surface area (Å²) in [5, 5.41) is 19.2. The number of piperidine rings is 1. The van der Waals surface area contributed by atoms with Gasteiger partial charge < -0.3 is 14.9 Å². The van der Waals surface area contributed by atoms with Gasteiger partial charge in [0.1, 0.15) is 6.07 Å². The molecule has 5 nitrogen and oxygen atoms in total. The van der Waals surface area contributed by atoms with Gasteiger partial charge in [0.15, 0.2) is 0 Å². The summed E-state index contributed by atoms with van der Waals surface area (Å²) in [5.41, 5.74) is 1.45. The van der Waals surface area contributed by atoms with Crippen LogP contribution in [0.15, 0.2) is 23.4 Å². The van der Waals surface area contributed by atoms with Crippen LogP contribution in [0.5, 0.6) is 0 Å². The van der Waals surface area contributed by atoms with E-state index in [0.29, 0.717) is 11.9 Å². The Morgan fingerprint density at radius 3 is 2.77 bits per heavy atom. The van der Waals surface area contributed by atoms with Crippen molar-refractivity contribution in [3.63, 3.8) is 0 Å². The second-order valence-electron chi connectivity index (χ2n) is 8.27. The average molecular weight is 354 g/mol. The van der Waals surface area contributed by atoms with E-state index in [0.717, 1.165) is 82.3 Å². The fourth-order valence-corrected chi connectivity index (χ4v) is 5.24. The molecule has 139 valence electrons. The lowest BCUT2D eigenvalue weighted by Crippen LogP contribution is -2.49. The maximum atomic E-state index is 13.4. The van der Waals surface area contributed by atoms with Crippen molar-refractivity contribution in [3.8, 4) is 6.07 Å². The van der Waals surface area contributed by atoms with Crippen LogP contribution in [0.3, 0.4) is 0 Å². The van der Waals surface area contributed by atoms with Crippen molar-refractivity contribution in [2.75, 3.05) is 19.6 Å². The number of rotatable bonds is 2. The normalized spacial score (nSPS) is 35.3. The Morgan fingerprint density at radius 2 is 2.00 bits per heavy atom. The number of hydrogen-bond donors (Lipinski definition) is 1. The molecule has 1 spiro atoms. The van der Waals surface area contributed by atoms with Gasteiger partial charge in [-0.25, -0.2) is 0 Å². The van der Waals surface area contributed by atoms with Crippen LogP contribution in [0, 0.1) is 23.2 Å². The molecule has 1 N–H and O–H groups in total. The first-order chi connectivity index (χ1) is 12.6. The maximum Gasteiger partial charge on any atom is 0.230 e. The number of hydrogen-bond acceptors (Lipinski definition) is 4. The SMILES string of the molecule is N#CC1=C[CH]CC=C1N1CCC[C@@]2(CCN([C@H]3CC[C@H](O)CC3)C2=O)C1. The summed E-state index contributed by atoms with van der Waals surface area (Å²) in [5.74, 6) is 0.314. The van der Waals surface area contributed by atoms with Crippen LogP contribution in [0.4, 0.5) is 0 Å². The molecule has 26 heavy (non-hydrogen) atoms. The zero-order chi connectivity index (χ0) is 18.1. The average Bonchev–Trinajstić information content (AvgIpc) is 2.98. The molecule has 5 heteroatoms. The number of carbonyl (C=O) groups is 1. The van der Waals surface area contributed by atoms with E-state index in [1.165, 1.54) is 0 Å². The van der Waals surface area contributed by atoms with E-state index in [1.807, 2.05) is 12.5 Å². The molecule has 0 aromatic carbocycles. The van der Waals surface area contributed by atoms with Gasteiger partial charge in [0.2, 0.25) is 5.91 Å². The first kappa shape index (κ1) is 17.6. The second-order valence-corrected chi connectivity index (χ2v) is 8.27. The van der Waals surface area contributed by atoms with E-state index in [2.05, 4.69) is 21.9 Å². The lowest BCUT2D eigenvalue weighted by atomic mass is 9.77. The number of aliphatic hydroxyl groups excluding tert-OH is 1. The minimum absolute atomic E-state index is 0.186. The molecule has 0 unspecified atom stereocenters. The molecular weight excluding hydrogens is 326 g/mol. The van der Waals surface area contributed by atoms with E-state index in [9.17, 15) is 15.2 Å². The molecule has 0 bridgehead atoms. The molecule has 1 radical (unpaired) electrons. The number of aliphatic hydroxyl groups is 1. The lowest BCUT2D eigenvalue weighted by molar-refractivity contribution is -0.141. The van der Waals surface area contributed by atoms with Gasteiger partial charge in [-0.3, -0.25) is 4.79 Å². The summed E-state index contributed by atoms with van der Waals surface area (Å²) in [6, 6.07) is 2.61. The van der Waals surface area contributed by atoms with Crippen molar-refractivity contribution in [1.82, 2.24) is 9.80 Å². The summed E-state index contributed by atoms with van der Waals surface area (Å²) < 4.78 is 0. The molecule has 2 aliphatic carbocycles. The summed E-state index contributed by atoms with van der Waals surface area (Å²) >= 11 is 0. The Balaban J connectivity index is 1.49. The van der Waals surface area contributed by atoms with E-state index in [-0.39, 0.29) is 11.5 Å². The van der Waals surface area contributed by atoms with E-state index in [4.69, 9.17) is 0 Å². The molecule has 2 heterocycles. The molecular formula is C21H28N3O2. The van der Waals surface area contributed by atoms with Crippen molar-refractivity contribution in [3.05, 3.63) is 29.8 Å². The van der Waals surface area contributed by atoms with Gasteiger partial charge in [0, 0.05) is 25.7 Å². The standard InChI is InChI=1S/C21H28N3O2/c22-14-16-4-1-2-5-19(16)23-12-3-10-21(15-23)11-13-24(20(21)26)17-6-8-18(25)9-7-17/h1,4-5,17-18,25H,2-3,6-13,15H2/t17-,18-,21-/m1/s1. The van der Waals surface area contributed by atoms with Crippen LogP contribution < -0.4 is 0 Å². The van der Waals surface area contributed by atoms with Crippen molar-refractivity contribution < 1.29 is 9.90 Å². The smallest absolute Gasteiger partial charge is 0.230 e. The zero-order valence-corrected chi connectivity index (χ0v) is 15.4. The number of amides is 1. The Kier molecular flexibility index (Phi) is 4.79. The maximum absolute atomic E-state index is 13.4. The van der Waals surface area contributed by atoms with Crippen molar-refractivity contribution in [2.45, 2.75) is 63.5 Å². The van der Waals surface area contributed by atoms with Crippen LogP contribution in [-0.2, 0) is 4.79 Å². The summed E-state index contributed by atoms with van der Waals surface area (Å²) in [7, 11) is 0. The topological polar surface area (TPSA) is 67.6 Å². The van der Waals surface area contributed by atoms with Crippen LogP contribution in [-0.4, -0.2) is 52.6 Å². The minimum atomic E-state index is -0.281. The molecule has 3 fully saturated rings. The van der Waals surface area contributed by atoms with Crippen LogP contribution in [0.1, 0.15) is 51.4 Å². The number of nitrogens with zero attached hydrogens (tertiary/aromatic N) is 3. The Bertz CT molecular complexity index is 669. The van der Waals surface area contributed by atoms with E-state index >= 15 is 0 Å². The van der Waals surface area contributed by atoms with Gasteiger partial charge in [0.05, 0.1) is 22.8 Å². The summed E-state index contributed by atoms with van der Waals surface area (Å²) in [6.45, 7) is 2.51. The molecule has 2 aliphatic heterocycles. The third-order valence-electron chi connectivity index (χ3n) is 6.70. The third kappa shape index (κ3) is 3.05. The summed E-state index contributed by atoms with van der Waals surface area (Å²) in [4.78, 5) is 17.8. The lowest BCUT2D eigenvalue weighted by Gasteiger charge is -2.42. The molecule has 4 rings (SSSR count). The highest BCUT2D eigenvalue weighted by atomic mass is 16.3. The van der Waals surface area contributed by atoms with Gasteiger partial charge in [-0.15, -0.1) is 0 Å². The Labute approximate surface area is 156 Å². The zero-order valence-electron chi connectivity index (χ0n) is 15.4. The quantitative estimate of drug-likeness (QED) is 0.827. The van der Waals surface area contributed by atoms with Gasteiger partial charge >= 0.3 is 0 Å². The minimum Gasteiger partial charge on any atom is -0.393 e. The Morgan fingerprint density at radius 1 is 1.19 bits per heavy atom. The van der Waals surface area contributed by atoms with Gasteiger partial charge in [0.25, 0.3) is 0 Å². The number of likely N-dealkylation sites (tertiary alicyclic amines) is 2. The van der Waals surface area contributed by atoms with Gasteiger partial charge in [-0.1, -0.05) is 12.2 Å². The molecule has 0 aromatic rings. The van der Waals surface area contributed by atoms with Gasteiger partial charge in [-0.05, 0) is 57.8 Å². The fourth-order valence-electron chi connectivity index (χ4n) is 5.24. The van der Waals surface area contributed by atoms with Crippen LogP contribution >= 0.6 is 0 Å². The highest BCUT2D eigenvalue weighted by Crippen LogP contribution is 2.44. The molecule has 2 saturated heterocycles. The summed E-state index contributed by atoms with van der Waals surface area (Å²) in [6.07, 6.45) is 13.1. The first-order valence-corrected chi connectivity index (χ1v) is 10.0. The number of allylic oxidation sites excluding steroid dienone is 3. The van der Waals surface area contributed by atoms with Crippen molar-refractivity contribution >= 4 is 5.91 Å². The molecule has 0 aromatic heterocycles. The largest absolute Gasteiger partial charge is 0.393 e. The predicted molar refractivity (Wildman–Crippen MR) is 98.5 cm³/mol. The van der Waals surface area contributed by atoms with Crippen molar-refractivity contribution in [1.29, 1.82) is 5.26 Å². The highest BCUT2D eigenvalue weighted by Gasteiger charge is 2.51. The van der Waals surface area contributed by atoms with E-state index in [1.54, 1.807) is 0 Å². The Hall–Kier alpha value is -1.80. The predicted octanol–water partition coefficient (Wildman–Crippen LogP) is 2.55. The van der Waals surface area contributed by atoms with Crippen LogP contribution in [0.2, 0.25) is 0 Å². The molecule has 4 aliphatic rings. The first-order valence-electron chi connectivity index (χ1n) is 10.0. The second kappa shape index (κ2) is 7.08. The van der Waals surface area contributed by atoms with Crippen molar-refractivity contribution in [2.24, 2.45) is 5.41 Å². The molecule has 1 amide bonds. The number of nitriles is 1. The molecule has 1 saturated carbocycles. The highest BCUT2D eigenvalue weighted by molar-refractivity contribution is 5.85. The van der Waals surface area contributed by atoms with Gasteiger partial charge in [-0.2, -0.15) is 5.26 Å². The van der Waals surface area contributed by atoms with Crippen LogP contribution in [0.25, 0.3) is 0 Å². The monoisotopic (exact) mass is 354 g/mol. The fraction of sp³-hybridized carbons (Fsp3) is 0.667. The number of carbonyl (C=O) groups excluding carboxylic acids is 1. The van der Waals surface area contributed by atoms with E-state index < -0.39 is 0 Å².